The van der Waals surface area contributed by atoms with Crippen molar-refractivity contribution in [2.45, 2.75) is 19.4 Å². The Morgan fingerprint density at radius 1 is 1.58 bits per heavy atom. The molecule has 0 bridgehead atoms. The van der Waals surface area contributed by atoms with E-state index in [9.17, 15) is 8.42 Å². The lowest BCUT2D eigenvalue weighted by Crippen LogP contribution is -2.38. The third kappa shape index (κ3) is 4.92. The molecule has 6 heteroatoms. The summed E-state index contributed by atoms with van der Waals surface area (Å²) in [5.41, 5.74) is 0. The zero-order chi connectivity index (χ0) is 9.61. The highest BCUT2D eigenvalue weighted by molar-refractivity contribution is 7.89. The number of nitrogens with one attached hydrogen (secondary N) is 1. The van der Waals surface area contributed by atoms with Crippen LogP contribution in [0.15, 0.2) is 0 Å². The van der Waals surface area contributed by atoms with Crippen LogP contribution >= 0.6 is 11.6 Å². The van der Waals surface area contributed by atoms with E-state index >= 15 is 0 Å². The topological polar surface area (TPSA) is 66.4 Å². The van der Waals surface area contributed by atoms with Crippen LogP contribution < -0.4 is 4.72 Å². The van der Waals surface area contributed by atoms with Crippen LogP contribution in [0.4, 0.5) is 0 Å². The number of hydrogen-bond donors (Lipinski definition) is 2. The SMILES string of the molecule is CC[C@H](CO)NS(=O)(=O)CCCl. The zero-order valence-electron chi connectivity index (χ0n) is 6.96. The van der Waals surface area contributed by atoms with Crippen LogP contribution in [0.3, 0.4) is 0 Å². The molecule has 0 heterocycles. The Bertz CT molecular complexity index is 201. The van der Waals surface area contributed by atoms with E-state index in [1.807, 2.05) is 0 Å². The molecule has 0 radical (unpaired) electrons. The Hall–Kier alpha value is 0.160. The van der Waals surface area contributed by atoms with Crippen LogP contribution in [0.25, 0.3) is 0 Å². The van der Waals surface area contributed by atoms with Crippen molar-refractivity contribution >= 4 is 21.6 Å². The smallest absolute Gasteiger partial charge is 0.213 e. The molecule has 0 spiro atoms. The third-order valence-corrected chi connectivity index (χ3v) is 3.25. The fraction of sp³-hybridized carbons (Fsp3) is 1.00. The first-order valence-electron chi connectivity index (χ1n) is 3.72. The lowest BCUT2D eigenvalue weighted by molar-refractivity contribution is 0.254. The van der Waals surface area contributed by atoms with Crippen LogP contribution in [0.2, 0.25) is 0 Å². The monoisotopic (exact) mass is 215 g/mol. The Balaban J connectivity index is 4.03. The molecule has 0 aromatic heterocycles. The van der Waals surface area contributed by atoms with E-state index in [2.05, 4.69) is 4.72 Å². The van der Waals surface area contributed by atoms with Crippen molar-refractivity contribution < 1.29 is 13.5 Å². The molecule has 0 rings (SSSR count). The van der Waals surface area contributed by atoms with E-state index in [-0.39, 0.29) is 18.2 Å². The average Bonchev–Trinajstić information content (AvgIpc) is 2.00. The maximum absolute atomic E-state index is 11.1. The standard InChI is InChI=1S/C6H14ClNO3S/c1-2-6(5-9)8-12(10,11)4-3-7/h6,8-9H,2-5H2,1H3/t6-/m1/s1. The van der Waals surface area contributed by atoms with Gasteiger partial charge in [-0.25, -0.2) is 13.1 Å². The minimum Gasteiger partial charge on any atom is -0.395 e. The van der Waals surface area contributed by atoms with E-state index in [1.54, 1.807) is 6.92 Å². The second-order valence-electron chi connectivity index (χ2n) is 2.41. The Kier molecular flexibility index (Phi) is 5.82. The molecular formula is C6H14ClNO3S. The molecule has 0 unspecified atom stereocenters. The number of hydrogen-bond acceptors (Lipinski definition) is 3. The highest BCUT2D eigenvalue weighted by atomic mass is 35.5. The van der Waals surface area contributed by atoms with Gasteiger partial charge in [0.1, 0.15) is 0 Å². The molecule has 0 aliphatic heterocycles. The first-order chi connectivity index (χ1) is 5.55. The number of alkyl halides is 1. The zero-order valence-corrected chi connectivity index (χ0v) is 8.53. The Morgan fingerprint density at radius 2 is 2.17 bits per heavy atom. The lowest BCUT2D eigenvalue weighted by atomic mass is 10.3. The normalized spacial score (nSPS) is 14.6. The van der Waals surface area contributed by atoms with E-state index in [0.717, 1.165) is 0 Å². The van der Waals surface area contributed by atoms with Crippen molar-refractivity contribution in [2.75, 3.05) is 18.2 Å². The van der Waals surface area contributed by atoms with Crippen LogP contribution in [0, 0.1) is 0 Å². The summed E-state index contributed by atoms with van der Waals surface area (Å²) < 4.78 is 24.4. The highest BCUT2D eigenvalue weighted by Gasteiger charge is 2.14. The number of sulfonamides is 1. The number of aliphatic hydroxyl groups is 1. The number of halogens is 1. The predicted octanol–water partition coefficient (Wildman–Crippen LogP) is -0.0845. The van der Waals surface area contributed by atoms with Crippen molar-refractivity contribution in [1.82, 2.24) is 4.72 Å². The van der Waals surface area contributed by atoms with Crippen LogP contribution in [-0.4, -0.2) is 37.8 Å². The fourth-order valence-corrected chi connectivity index (χ4v) is 2.34. The van der Waals surface area contributed by atoms with Gasteiger partial charge < -0.3 is 5.11 Å². The maximum Gasteiger partial charge on any atom is 0.213 e. The van der Waals surface area contributed by atoms with Gasteiger partial charge in [0.25, 0.3) is 0 Å². The lowest BCUT2D eigenvalue weighted by Gasteiger charge is -2.13. The molecule has 74 valence electrons. The largest absolute Gasteiger partial charge is 0.395 e. The predicted molar refractivity (Wildman–Crippen MR) is 48.8 cm³/mol. The van der Waals surface area contributed by atoms with Crippen molar-refractivity contribution in [1.29, 1.82) is 0 Å². The van der Waals surface area contributed by atoms with E-state index < -0.39 is 16.1 Å². The molecule has 0 fully saturated rings. The summed E-state index contributed by atoms with van der Waals surface area (Å²) in [6, 6.07) is -0.391. The maximum atomic E-state index is 11.1. The van der Waals surface area contributed by atoms with Crippen molar-refractivity contribution in [3.05, 3.63) is 0 Å². The summed E-state index contributed by atoms with van der Waals surface area (Å²) in [4.78, 5) is 0. The molecule has 4 nitrogen and oxygen atoms in total. The molecule has 1 atom stereocenters. The molecule has 0 aromatic carbocycles. The Morgan fingerprint density at radius 3 is 2.50 bits per heavy atom. The third-order valence-electron chi connectivity index (χ3n) is 1.41. The van der Waals surface area contributed by atoms with Gasteiger partial charge in [-0.3, -0.25) is 0 Å². The highest BCUT2D eigenvalue weighted by Crippen LogP contribution is 1.94. The van der Waals surface area contributed by atoms with Crippen LogP contribution in [-0.2, 0) is 10.0 Å². The van der Waals surface area contributed by atoms with Crippen LogP contribution in [0.1, 0.15) is 13.3 Å². The first-order valence-corrected chi connectivity index (χ1v) is 5.91. The van der Waals surface area contributed by atoms with Gasteiger partial charge in [0, 0.05) is 11.9 Å². The minimum absolute atomic E-state index is 0.0667. The van der Waals surface area contributed by atoms with Gasteiger partial charge in [-0.1, -0.05) is 6.92 Å². The summed E-state index contributed by atoms with van der Waals surface area (Å²) in [6.45, 7) is 1.61. The van der Waals surface area contributed by atoms with Gasteiger partial charge in [0.05, 0.1) is 12.4 Å². The summed E-state index contributed by atoms with van der Waals surface area (Å²) in [7, 11) is -3.30. The van der Waals surface area contributed by atoms with E-state index in [4.69, 9.17) is 16.7 Å². The van der Waals surface area contributed by atoms with Gasteiger partial charge in [-0.2, -0.15) is 0 Å². The minimum atomic E-state index is -3.30. The van der Waals surface area contributed by atoms with E-state index in [1.165, 1.54) is 0 Å². The molecular weight excluding hydrogens is 202 g/mol. The summed E-state index contributed by atoms with van der Waals surface area (Å²) in [5, 5.41) is 8.70. The molecule has 2 N–H and O–H groups in total. The molecule has 0 saturated carbocycles. The van der Waals surface area contributed by atoms with Gasteiger partial charge in [0.15, 0.2) is 0 Å². The fourth-order valence-electron chi connectivity index (χ4n) is 0.664. The summed E-state index contributed by atoms with van der Waals surface area (Å²) >= 11 is 5.27. The molecule has 12 heavy (non-hydrogen) atoms. The van der Waals surface area contributed by atoms with Crippen molar-refractivity contribution in [3.8, 4) is 0 Å². The summed E-state index contributed by atoms with van der Waals surface area (Å²) in [5.74, 6) is -0.0394. The molecule has 0 aliphatic rings. The first kappa shape index (κ1) is 12.2. The molecule has 0 aliphatic carbocycles. The van der Waals surface area contributed by atoms with Gasteiger partial charge in [0.2, 0.25) is 10.0 Å². The van der Waals surface area contributed by atoms with Crippen molar-refractivity contribution in [2.24, 2.45) is 0 Å². The number of rotatable bonds is 6. The molecule has 0 aromatic rings. The quantitative estimate of drug-likeness (QED) is 0.609. The van der Waals surface area contributed by atoms with E-state index in [0.29, 0.717) is 6.42 Å². The second kappa shape index (κ2) is 5.75. The average molecular weight is 216 g/mol. The van der Waals surface area contributed by atoms with Crippen LogP contribution in [0.5, 0.6) is 0 Å². The second-order valence-corrected chi connectivity index (χ2v) is 4.66. The Labute approximate surface area is 78.0 Å². The summed E-state index contributed by atoms with van der Waals surface area (Å²) in [6.07, 6.45) is 0.567. The van der Waals surface area contributed by atoms with Crippen molar-refractivity contribution in [3.63, 3.8) is 0 Å². The molecule has 0 amide bonds. The number of aliphatic hydroxyl groups excluding tert-OH is 1. The van der Waals surface area contributed by atoms with Gasteiger partial charge in [-0.05, 0) is 6.42 Å². The van der Waals surface area contributed by atoms with Gasteiger partial charge in [-0.15, -0.1) is 11.6 Å². The van der Waals surface area contributed by atoms with Gasteiger partial charge >= 0.3 is 0 Å². The molecule has 0 saturated heterocycles.